The maximum Gasteiger partial charge on any atom is 0.223 e. The fourth-order valence-electron chi connectivity index (χ4n) is 2.24. The van der Waals surface area contributed by atoms with Gasteiger partial charge in [0.15, 0.2) is 0 Å². The predicted molar refractivity (Wildman–Crippen MR) is 85.9 cm³/mol. The van der Waals surface area contributed by atoms with Gasteiger partial charge in [-0.1, -0.05) is 29.3 Å². The van der Waals surface area contributed by atoms with E-state index in [2.05, 4.69) is 5.32 Å². The zero-order valence-electron chi connectivity index (χ0n) is 11.1. The van der Waals surface area contributed by atoms with Crippen molar-refractivity contribution in [2.45, 2.75) is 25.2 Å². The van der Waals surface area contributed by atoms with Crippen molar-refractivity contribution in [1.29, 1.82) is 0 Å². The molecule has 0 saturated heterocycles. The Balaban J connectivity index is 0.00000200. The van der Waals surface area contributed by atoms with Crippen molar-refractivity contribution in [3.05, 3.63) is 33.8 Å². The standard InChI is InChI=1S/C14H18Cl2N2O.ClH/c15-9-3-4-10(13(16)7-9)11-8-12(11)14(19)18-6-2-1-5-17;/h3-4,7,11-12H,1-2,5-6,8,17H2,(H,18,19);1H. The molecule has 3 N–H and O–H groups in total. The van der Waals surface area contributed by atoms with Crippen molar-refractivity contribution >= 4 is 41.5 Å². The number of unbranched alkanes of at least 4 members (excludes halogenated alkanes) is 1. The van der Waals surface area contributed by atoms with Gasteiger partial charge in [0, 0.05) is 22.5 Å². The third kappa shape index (κ3) is 4.52. The highest BCUT2D eigenvalue weighted by Gasteiger charge is 2.44. The lowest BCUT2D eigenvalue weighted by Crippen LogP contribution is -2.26. The monoisotopic (exact) mass is 336 g/mol. The van der Waals surface area contributed by atoms with Gasteiger partial charge in [-0.15, -0.1) is 12.4 Å². The molecular formula is C14H19Cl3N2O. The van der Waals surface area contributed by atoms with Crippen LogP contribution in [0.15, 0.2) is 18.2 Å². The molecule has 6 heteroatoms. The van der Waals surface area contributed by atoms with Crippen LogP contribution in [0.25, 0.3) is 0 Å². The molecule has 1 aliphatic carbocycles. The van der Waals surface area contributed by atoms with Gasteiger partial charge >= 0.3 is 0 Å². The molecular weight excluding hydrogens is 319 g/mol. The number of carbonyl (C=O) groups is 1. The van der Waals surface area contributed by atoms with E-state index < -0.39 is 0 Å². The quantitative estimate of drug-likeness (QED) is 0.782. The van der Waals surface area contributed by atoms with Crippen LogP contribution in [0.5, 0.6) is 0 Å². The van der Waals surface area contributed by atoms with Gasteiger partial charge in [0.1, 0.15) is 0 Å². The van der Waals surface area contributed by atoms with Gasteiger partial charge < -0.3 is 11.1 Å². The van der Waals surface area contributed by atoms with Crippen molar-refractivity contribution in [3.63, 3.8) is 0 Å². The summed E-state index contributed by atoms with van der Waals surface area (Å²) in [5.41, 5.74) is 6.43. The molecule has 112 valence electrons. The van der Waals surface area contributed by atoms with E-state index in [9.17, 15) is 4.79 Å². The molecule has 1 aromatic carbocycles. The molecule has 0 radical (unpaired) electrons. The van der Waals surface area contributed by atoms with E-state index in [1.807, 2.05) is 12.1 Å². The van der Waals surface area contributed by atoms with Crippen molar-refractivity contribution < 1.29 is 4.79 Å². The number of halogens is 3. The summed E-state index contributed by atoms with van der Waals surface area (Å²) in [7, 11) is 0. The van der Waals surface area contributed by atoms with Crippen molar-refractivity contribution in [3.8, 4) is 0 Å². The molecule has 1 aliphatic rings. The van der Waals surface area contributed by atoms with Crippen LogP contribution in [0.3, 0.4) is 0 Å². The van der Waals surface area contributed by atoms with Gasteiger partial charge in [0.05, 0.1) is 0 Å². The van der Waals surface area contributed by atoms with Gasteiger partial charge in [0.25, 0.3) is 0 Å². The summed E-state index contributed by atoms with van der Waals surface area (Å²) in [5, 5.41) is 4.22. The first-order valence-corrected chi connectivity index (χ1v) is 7.32. The molecule has 1 fully saturated rings. The van der Waals surface area contributed by atoms with Crippen LogP contribution in [0, 0.1) is 5.92 Å². The third-order valence-electron chi connectivity index (χ3n) is 3.42. The SMILES string of the molecule is Cl.NCCCCNC(=O)C1CC1c1ccc(Cl)cc1Cl. The van der Waals surface area contributed by atoms with Crippen LogP contribution in [-0.4, -0.2) is 19.0 Å². The highest BCUT2D eigenvalue weighted by Crippen LogP contribution is 2.49. The minimum absolute atomic E-state index is 0. The van der Waals surface area contributed by atoms with Crippen LogP contribution >= 0.6 is 35.6 Å². The maximum absolute atomic E-state index is 11.9. The fourth-order valence-corrected chi connectivity index (χ4v) is 2.79. The molecule has 2 atom stereocenters. The molecule has 1 aromatic rings. The van der Waals surface area contributed by atoms with Gasteiger partial charge in [-0.05, 0) is 49.4 Å². The Labute approximate surface area is 135 Å². The van der Waals surface area contributed by atoms with Gasteiger partial charge in [-0.3, -0.25) is 4.79 Å². The lowest BCUT2D eigenvalue weighted by Gasteiger charge is -2.06. The number of benzene rings is 1. The van der Waals surface area contributed by atoms with E-state index in [0.717, 1.165) is 24.8 Å². The molecule has 0 spiro atoms. The van der Waals surface area contributed by atoms with E-state index in [1.165, 1.54) is 0 Å². The Hall–Kier alpha value is -0.480. The first kappa shape index (κ1) is 17.6. The van der Waals surface area contributed by atoms with Crippen LogP contribution in [-0.2, 0) is 4.79 Å². The normalized spacial score (nSPS) is 20.1. The molecule has 2 rings (SSSR count). The van der Waals surface area contributed by atoms with E-state index in [4.69, 9.17) is 28.9 Å². The van der Waals surface area contributed by atoms with Crippen LogP contribution < -0.4 is 11.1 Å². The lowest BCUT2D eigenvalue weighted by molar-refractivity contribution is -0.122. The summed E-state index contributed by atoms with van der Waals surface area (Å²) in [6, 6.07) is 5.46. The highest BCUT2D eigenvalue weighted by atomic mass is 35.5. The Morgan fingerprint density at radius 2 is 2.10 bits per heavy atom. The summed E-state index contributed by atoms with van der Waals surface area (Å²) in [4.78, 5) is 11.9. The van der Waals surface area contributed by atoms with Crippen LogP contribution in [0.4, 0.5) is 0 Å². The number of nitrogens with one attached hydrogen (secondary N) is 1. The smallest absolute Gasteiger partial charge is 0.223 e. The summed E-state index contributed by atoms with van der Waals surface area (Å²) >= 11 is 12.0. The maximum atomic E-state index is 11.9. The average molecular weight is 338 g/mol. The number of rotatable bonds is 6. The number of hydrogen-bond acceptors (Lipinski definition) is 2. The topological polar surface area (TPSA) is 55.1 Å². The van der Waals surface area contributed by atoms with Gasteiger partial charge in [0.2, 0.25) is 5.91 Å². The summed E-state index contributed by atoms with van der Waals surface area (Å²) < 4.78 is 0. The van der Waals surface area contributed by atoms with E-state index in [-0.39, 0.29) is 30.2 Å². The van der Waals surface area contributed by atoms with Crippen molar-refractivity contribution in [2.75, 3.05) is 13.1 Å². The minimum atomic E-state index is 0. The second kappa shape index (κ2) is 8.08. The number of hydrogen-bond donors (Lipinski definition) is 2. The summed E-state index contributed by atoms with van der Waals surface area (Å²) in [5.74, 6) is 0.406. The molecule has 20 heavy (non-hydrogen) atoms. The molecule has 2 unspecified atom stereocenters. The molecule has 1 saturated carbocycles. The minimum Gasteiger partial charge on any atom is -0.356 e. The first-order chi connectivity index (χ1) is 9.13. The Bertz CT molecular complexity index is 468. The second-order valence-electron chi connectivity index (χ2n) is 4.90. The van der Waals surface area contributed by atoms with Crippen molar-refractivity contribution in [2.24, 2.45) is 11.7 Å². The first-order valence-electron chi connectivity index (χ1n) is 6.56. The van der Waals surface area contributed by atoms with Gasteiger partial charge in [-0.25, -0.2) is 0 Å². The molecule has 1 amide bonds. The van der Waals surface area contributed by atoms with Crippen molar-refractivity contribution in [1.82, 2.24) is 5.32 Å². The molecule has 0 aromatic heterocycles. The number of nitrogens with two attached hydrogens (primary N) is 1. The third-order valence-corrected chi connectivity index (χ3v) is 3.98. The van der Waals surface area contributed by atoms with Crippen LogP contribution in [0.2, 0.25) is 10.0 Å². The lowest BCUT2D eigenvalue weighted by atomic mass is 10.1. The highest BCUT2D eigenvalue weighted by molar-refractivity contribution is 6.35. The fraction of sp³-hybridized carbons (Fsp3) is 0.500. The van der Waals surface area contributed by atoms with Gasteiger partial charge in [-0.2, -0.15) is 0 Å². The molecule has 0 aliphatic heterocycles. The predicted octanol–water partition coefficient (Wildman–Crippen LogP) is 3.37. The Morgan fingerprint density at radius 3 is 2.75 bits per heavy atom. The molecule has 0 heterocycles. The zero-order valence-corrected chi connectivity index (χ0v) is 13.4. The van der Waals surface area contributed by atoms with E-state index in [1.54, 1.807) is 6.07 Å². The number of carbonyl (C=O) groups excluding carboxylic acids is 1. The summed E-state index contributed by atoms with van der Waals surface area (Å²) in [6.07, 6.45) is 2.74. The molecule has 3 nitrogen and oxygen atoms in total. The summed E-state index contributed by atoms with van der Waals surface area (Å²) in [6.45, 7) is 1.37. The average Bonchev–Trinajstić information content (AvgIpc) is 3.14. The Morgan fingerprint density at radius 1 is 1.35 bits per heavy atom. The molecule has 0 bridgehead atoms. The van der Waals surface area contributed by atoms with E-state index >= 15 is 0 Å². The second-order valence-corrected chi connectivity index (χ2v) is 5.74. The number of amides is 1. The zero-order chi connectivity index (χ0) is 13.8. The largest absolute Gasteiger partial charge is 0.356 e. The van der Waals surface area contributed by atoms with Crippen LogP contribution in [0.1, 0.15) is 30.7 Å². The Kier molecular flexibility index (Phi) is 7.10. The van der Waals surface area contributed by atoms with E-state index in [0.29, 0.717) is 23.1 Å².